The van der Waals surface area contributed by atoms with Gasteiger partial charge in [-0.1, -0.05) is 0 Å². The number of nitrogens with zero attached hydrogens (tertiary/aromatic N) is 3. The van der Waals surface area contributed by atoms with Gasteiger partial charge < -0.3 is 0 Å². The van der Waals surface area contributed by atoms with Crippen LogP contribution in [0.2, 0.25) is 0 Å². The number of rotatable bonds is 4. The highest BCUT2D eigenvalue weighted by Gasteiger charge is 2.15. The lowest BCUT2D eigenvalue weighted by Crippen LogP contribution is -2.23. The summed E-state index contributed by atoms with van der Waals surface area (Å²) in [6, 6.07) is 9.47. The molecule has 0 aliphatic rings. The van der Waals surface area contributed by atoms with Gasteiger partial charge in [0, 0.05) is 52.7 Å². The Hall–Kier alpha value is -4.35. The maximum atomic E-state index is 13.8. The van der Waals surface area contributed by atoms with E-state index in [0.29, 0.717) is 33.3 Å². The Morgan fingerprint density at radius 2 is 1.27 bits per heavy atom. The van der Waals surface area contributed by atoms with Crippen molar-refractivity contribution in [1.82, 2.24) is 9.97 Å². The van der Waals surface area contributed by atoms with Crippen molar-refractivity contribution in [2.24, 2.45) is 0 Å². The van der Waals surface area contributed by atoms with E-state index in [1.54, 1.807) is 19.9 Å². The monoisotopic (exact) mass is 514 g/mol. The molecule has 0 spiro atoms. The number of amides is 1. The first-order valence-electron chi connectivity index (χ1n) is 10.8. The zero-order valence-corrected chi connectivity index (χ0v) is 19.9. The van der Waals surface area contributed by atoms with E-state index in [1.165, 1.54) is 43.6 Å². The van der Waals surface area contributed by atoms with Gasteiger partial charge in [-0.25, -0.2) is 17.6 Å². The first-order valence-corrected chi connectivity index (χ1v) is 10.8. The molecule has 0 radical (unpaired) electrons. The second kappa shape index (κ2) is 11.6. The van der Waals surface area contributed by atoms with Crippen LogP contribution in [0, 0.1) is 37.1 Å². The molecule has 0 saturated carbocycles. The van der Waals surface area contributed by atoms with Crippen LogP contribution in [0.5, 0.6) is 0 Å². The highest BCUT2D eigenvalue weighted by Crippen LogP contribution is 2.29. The Bertz CT molecular complexity index is 1450. The molecule has 4 rings (SSSR count). The number of hydrogen-bond donors (Lipinski definition) is 3. The van der Waals surface area contributed by atoms with Crippen molar-refractivity contribution in [3.05, 3.63) is 95.6 Å². The Kier molecular flexibility index (Phi) is 8.53. The summed E-state index contributed by atoms with van der Waals surface area (Å²) >= 11 is 0. The Labute approximate surface area is 209 Å². The highest BCUT2D eigenvalue weighted by atomic mass is 19.1. The van der Waals surface area contributed by atoms with Crippen LogP contribution in [0.25, 0.3) is 22.3 Å². The number of hydroxylamine groups is 1. The van der Waals surface area contributed by atoms with Crippen molar-refractivity contribution < 1.29 is 32.8 Å². The number of benzene rings is 2. The summed E-state index contributed by atoms with van der Waals surface area (Å²) < 4.78 is 53.1. The van der Waals surface area contributed by atoms with Crippen molar-refractivity contribution in [3.63, 3.8) is 0 Å². The maximum Gasteiger partial charge on any atom is 0.247 e. The number of halogens is 4. The summed E-state index contributed by atoms with van der Waals surface area (Å²) in [5.74, 6) is -3.31. The van der Waals surface area contributed by atoms with Gasteiger partial charge in [-0.2, -0.15) is 5.06 Å². The highest BCUT2D eigenvalue weighted by molar-refractivity contribution is 5.89. The molecule has 2 aromatic carbocycles. The van der Waals surface area contributed by atoms with Crippen molar-refractivity contribution in [3.8, 4) is 22.3 Å². The van der Waals surface area contributed by atoms with Gasteiger partial charge in [0.1, 0.15) is 23.3 Å². The topological polar surface area (TPSA) is 98.6 Å². The fourth-order valence-corrected chi connectivity index (χ4v) is 3.38. The largest absolute Gasteiger partial charge is 0.291 e. The van der Waals surface area contributed by atoms with Crippen LogP contribution in [-0.2, 0) is 4.79 Å². The fourth-order valence-electron chi connectivity index (χ4n) is 3.38. The van der Waals surface area contributed by atoms with Crippen molar-refractivity contribution in [2.45, 2.75) is 20.8 Å². The second-order valence-corrected chi connectivity index (χ2v) is 7.87. The zero-order chi connectivity index (χ0) is 27.3. The van der Waals surface area contributed by atoms with E-state index in [4.69, 9.17) is 5.21 Å². The molecule has 4 aromatic rings. The van der Waals surface area contributed by atoms with Crippen molar-refractivity contribution in [2.75, 3.05) is 10.5 Å². The summed E-state index contributed by atoms with van der Waals surface area (Å²) in [5, 5.41) is 18.7. The standard InChI is InChI=1S/C14H12F2N2O2.C12H10F2N2O/c1-8-13(12-4-3-10(15)5-14(12)16)6-11(7-17-8)18(20)9(2)19;1-7-11(5-9(16-17)6-15-7)10-3-2-8(13)4-12(10)14/h3-7,20H,1-2H3;2-6,16-17H,1H3. The van der Waals surface area contributed by atoms with E-state index in [-0.39, 0.29) is 16.8 Å². The Morgan fingerprint density at radius 1 is 0.784 bits per heavy atom. The predicted octanol–water partition coefficient (Wildman–Crippen LogP) is 6.21. The van der Waals surface area contributed by atoms with Gasteiger partial charge in [0.15, 0.2) is 0 Å². The average molecular weight is 514 g/mol. The van der Waals surface area contributed by atoms with Gasteiger partial charge >= 0.3 is 0 Å². The molecule has 2 aromatic heterocycles. The molecule has 37 heavy (non-hydrogen) atoms. The minimum Gasteiger partial charge on any atom is -0.291 e. The smallest absolute Gasteiger partial charge is 0.247 e. The number of aromatic nitrogens is 2. The molecule has 0 aliphatic carbocycles. The molecular formula is C26H22F4N4O3. The van der Waals surface area contributed by atoms with Gasteiger partial charge in [0.2, 0.25) is 5.91 Å². The zero-order valence-electron chi connectivity index (χ0n) is 19.9. The normalized spacial score (nSPS) is 10.4. The number of pyridine rings is 2. The van der Waals surface area contributed by atoms with Crippen LogP contribution < -0.4 is 10.5 Å². The third-order valence-corrected chi connectivity index (χ3v) is 5.27. The van der Waals surface area contributed by atoms with Crippen molar-refractivity contribution in [1.29, 1.82) is 0 Å². The quantitative estimate of drug-likeness (QED) is 0.170. The lowest BCUT2D eigenvalue weighted by Gasteiger charge is -2.15. The molecular weight excluding hydrogens is 492 g/mol. The van der Waals surface area contributed by atoms with Gasteiger partial charge in [-0.3, -0.25) is 30.7 Å². The minimum atomic E-state index is -0.737. The summed E-state index contributed by atoms with van der Waals surface area (Å²) in [5.41, 5.74) is 4.75. The van der Waals surface area contributed by atoms with Crippen LogP contribution in [-0.4, -0.2) is 26.3 Å². The Balaban J connectivity index is 0.000000208. The summed E-state index contributed by atoms with van der Waals surface area (Å²) in [6.45, 7) is 4.54. The molecule has 3 N–H and O–H groups in total. The van der Waals surface area contributed by atoms with E-state index < -0.39 is 29.2 Å². The third kappa shape index (κ3) is 6.46. The molecule has 0 saturated heterocycles. The van der Waals surface area contributed by atoms with Crippen LogP contribution >= 0.6 is 0 Å². The van der Waals surface area contributed by atoms with E-state index in [1.807, 2.05) is 5.48 Å². The molecule has 0 unspecified atom stereocenters. The number of anilines is 2. The van der Waals surface area contributed by atoms with E-state index in [0.717, 1.165) is 18.2 Å². The van der Waals surface area contributed by atoms with Crippen LogP contribution in [0.4, 0.5) is 28.9 Å². The first-order chi connectivity index (χ1) is 17.5. The van der Waals surface area contributed by atoms with Crippen LogP contribution in [0.3, 0.4) is 0 Å². The fraction of sp³-hybridized carbons (Fsp3) is 0.115. The molecule has 0 fully saturated rings. The van der Waals surface area contributed by atoms with Gasteiger partial charge in [0.25, 0.3) is 0 Å². The SMILES string of the molecule is CC(=O)N(O)c1cnc(C)c(-c2ccc(F)cc2F)c1.Cc1ncc(NO)cc1-c1ccc(F)cc1F. The van der Waals surface area contributed by atoms with E-state index >= 15 is 0 Å². The summed E-state index contributed by atoms with van der Waals surface area (Å²) in [7, 11) is 0. The van der Waals surface area contributed by atoms with Crippen molar-refractivity contribution >= 4 is 17.3 Å². The lowest BCUT2D eigenvalue weighted by atomic mass is 10.0. The lowest BCUT2D eigenvalue weighted by molar-refractivity contribution is -0.121. The molecule has 192 valence electrons. The molecule has 2 heterocycles. The van der Waals surface area contributed by atoms with Crippen LogP contribution in [0.15, 0.2) is 60.9 Å². The van der Waals surface area contributed by atoms with Gasteiger partial charge in [0.05, 0.1) is 23.8 Å². The maximum absolute atomic E-state index is 13.8. The summed E-state index contributed by atoms with van der Waals surface area (Å²) in [4.78, 5) is 19.1. The molecule has 0 aliphatic heterocycles. The first kappa shape index (κ1) is 27.2. The number of carbonyl (C=O) groups excluding carboxylic acids is 1. The van der Waals surface area contributed by atoms with Gasteiger partial charge in [-0.05, 0) is 50.2 Å². The molecule has 0 bridgehead atoms. The van der Waals surface area contributed by atoms with Crippen LogP contribution in [0.1, 0.15) is 18.3 Å². The molecule has 1 amide bonds. The predicted molar refractivity (Wildman–Crippen MR) is 129 cm³/mol. The average Bonchev–Trinajstić information content (AvgIpc) is 2.85. The third-order valence-electron chi connectivity index (χ3n) is 5.27. The molecule has 0 atom stereocenters. The number of nitrogens with one attached hydrogen (secondary N) is 1. The summed E-state index contributed by atoms with van der Waals surface area (Å²) in [6.07, 6.45) is 2.71. The minimum absolute atomic E-state index is 0.113. The second-order valence-electron chi connectivity index (χ2n) is 7.87. The van der Waals surface area contributed by atoms with Gasteiger partial charge in [-0.15, -0.1) is 0 Å². The number of hydrogen-bond acceptors (Lipinski definition) is 6. The molecule has 11 heteroatoms. The number of aryl methyl sites for hydroxylation is 2. The Morgan fingerprint density at radius 3 is 1.73 bits per heavy atom. The van der Waals surface area contributed by atoms with E-state index in [9.17, 15) is 27.6 Å². The van der Waals surface area contributed by atoms with E-state index in [2.05, 4.69) is 9.97 Å². The number of carbonyl (C=O) groups is 1. The molecule has 7 nitrogen and oxygen atoms in total.